The minimum atomic E-state index is 0.291. The van der Waals surface area contributed by atoms with E-state index in [9.17, 15) is 0 Å². The Morgan fingerprint density at radius 1 is 1.18 bits per heavy atom. The van der Waals surface area contributed by atoms with E-state index in [1.807, 2.05) is 18.2 Å². The smallest absolute Gasteiger partial charge is 0.0774 e. The van der Waals surface area contributed by atoms with Crippen LogP contribution in [0.4, 0.5) is 0 Å². The van der Waals surface area contributed by atoms with E-state index >= 15 is 0 Å². The topological polar surface area (TPSA) is 36.7 Å². The van der Waals surface area contributed by atoms with Crippen LogP contribution < -0.4 is 0 Å². The fourth-order valence-electron chi connectivity index (χ4n) is 1.55. The van der Waals surface area contributed by atoms with Crippen LogP contribution >= 0.6 is 23.2 Å². The molecule has 0 aliphatic heterocycles. The van der Waals surface area contributed by atoms with Crippen molar-refractivity contribution in [3.05, 3.63) is 52.3 Å². The summed E-state index contributed by atoms with van der Waals surface area (Å²) < 4.78 is 0. The highest BCUT2D eigenvalue weighted by molar-refractivity contribution is 6.36. The highest BCUT2D eigenvalue weighted by atomic mass is 35.5. The van der Waals surface area contributed by atoms with Gasteiger partial charge in [0.05, 0.1) is 18.2 Å². The molecule has 17 heavy (non-hydrogen) atoms. The number of rotatable bonds is 2. The number of nitrogens with zero attached hydrogens (tertiary/aromatic N) is 2. The lowest BCUT2D eigenvalue weighted by Gasteiger charge is -2.05. The molecule has 0 atom stereocenters. The molecule has 2 rings (SSSR count). The van der Waals surface area contributed by atoms with Gasteiger partial charge in [-0.15, -0.1) is 0 Å². The number of halogens is 2. The summed E-state index contributed by atoms with van der Waals surface area (Å²) in [6, 6.07) is 11.1. The van der Waals surface area contributed by atoms with Crippen LogP contribution in [0.2, 0.25) is 10.0 Å². The number of benzene rings is 1. The van der Waals surface area contributed by atoms with Crippen LogP contribution in [0, 0.1) is 11.3 Å². The zero-order valence-corrected chi connectivity index (χ0v) is 10.3. The summed E-state index contributed by atoms with van der Waals surface area (Å²) in [5, 5.41) is 9.83. The van der Waals surface area contributed by atoms with Gasteiger partial charge in [-0.25, -0.2) is 0 Å². The Bertz CT molecular complexity index is 588. The van der Waals surface area contributed by atoms with Crippen molar-refractivity contribution in [3.8, 4) is 17.2 Å². The van der Waals surface area contributed by atoms with Gasteiger partial charge in [-0.05, 0) is 29.8 Å². The molecule has 2 aromatic rings. The summed E-state index contributed by atoms with van der Waals surface area (Å²) in [6.45, 7) is 0. The summed E-state index contributed by atoms with van der Waals surface area (Å²) >= 11 is 12.0. The number of aromatic nitrogens is 1. The Morgan fingerprint density at radius 2 is 2.00 bits per heavy atom. The molecule has 0 saturated heterocycles. The van der Waals surface area contributed by atoms with Gasteiger partial charge in [0, 0.05) is 21.8 Å². The molecule has 0 fully saturated rings. The molecule has 1 aromatic carbocycles. The number of pyridine rings is 1. The third-order valence-electron chi connectivity index (χ3n) is 2.32. The fourth-order valence-corrected chi connectivity index (χ4v) is 2.06. The number of hydrogen-bond acceptors (Lipinski definition) is 2. The second kappa shape index (κ2) is 5.18. The summed E-state index contributed by atoms with van der Waals surface area (Å²) in [5.41, 5.74) is 2.56. The molecule has 0 amide bonds. The second-order valence-corrected chi connectivity index (χ2v) is 4.34. The van der Waals surface area contributed by atoms with E-state index < -0.39 is 0 Å². The molecule has 2 nitrogen and oxygen atoms in total. The molecule has 1 heterocycles. The highest BCUT2D eigenvalue weighted by Gasteiger charge is 2.05. The van der Waals surface area contributed by atoms with Crippen LogP contribution in [0.3, 0.4) is 0 Å². The molecule has 0 bridgehead atoms. The van der Waals surface area contributed by atoms with Crippen molar-refractivity contribution in [1.29, 1.82) is 5.26 Å². The molecule has 0 spiro atoms. The summed E-state index contributed by atoms with van der Waals surface area (Å²) in [6.07, 6.45) is 1.96. The van der Waals surface area contributed by atoms with Gasteiger partial charge in [-0.3, -0.25) is 4.98 Å². The van der Waals surface area contributed by atoms with Gasteiger partial charge in [-0.1, -0.05) is 29.3 Å². The Balaban J connectivity index is 2.46. The Hall–Kier alpha value is -1.56. The fraction of sp³-hybridized carbons (Fsp3) is 0.0769. The molecule has 0 unspecified atom stereocenters. The number of hydrogen-bond donors (Lipinski definition) is 0. The monoisotopic (exact) mass is 262 g/mol. The molecular weight excluding hydrogens is 255 g/mol. The van der Waals surface area contributed by atoms with Crippen molar-refractivity contribution in [1.82, 2.24) is 4.98 Å². The van der Waals surface area contributed by atoms with Crippen LogP contribution in [0.1, 0.15) is 5.69 Å². The van der Waals surface area contributed by atoms with E-state index in [4.69, 9.17) is 28.5 Å². The molecule has 1 aromatic heterocycles. The van der Waals surface area contributed by atoms with Crippen LogP contribution in [0.5, 0.6) is 0 Å². The van der Waals surface area contributed by atoms with E-state index in [1.165, 1.54) is 0 Å². The zero-order valence-electron chi connectivity index (χ0n) is 8.82. The largest absolute Gasteiger partial charge is 0.260 e. The summed E-state index contributed by atoms with van der Waals surface area (Å²) in [5.74, 6) is 0. The Morgan fingerprint density at radius 3 is 2.71 bits per heavy atom. The lowest BCUT2D eigenvalue weighted by Crippen LogP contribution is -1.88. The van der Waals surface area contributed by atoms with E-state index in [1.54, 1.807) is 18.3 Å². The normalized spacial score (nSPS) is 9.94. The standard InChI is InChI=1S/C13H8Cl2N2/c14-10-1-2-12(13(15)8-10)9-4-6-17-11(7-9)3-5-16/h1-2,4,6-8H,3H2. The first-order chi connectivity index (χ1) is 8.20. The van der Waals surface area contributed by atoms with E-state index in [0.717, 1.165) is 16.8 Å². The summed E-state index contributed by atoms with van der Waals surface area (Å²) in [4.78, 5) is 4.11. The van der Waals surface area contributed by atoms with Crippen LogP contribution in [-0.2, 0) is 6.42 Å². The van der Waals surface area contributed by atoms with Gasteiger partial charge in [0.25, 0.3) is 0 Å². The first kappa shape index (κ1) is 11.9. The molecule has 4 heteroatoms. The molecule has 0 aliphatic rings. The maximum Gasteiger partial charge on any atom is 0.0774 e. The molecule has 0 N–H and O–H groups in total. The molecule has 84 valence electrons. The van der Waals surface area contributed by atoms with Gasteiger partial charge in [0.2, 0.25) is 0 Å². The predicted molar refractivity (Wildman–Crippen MR) is 69.0 cm³/mol. The first-order valence-electron chi connectivity index (χ1n) is 4.98. The van der Waals surface area contributed by atoms with Gasteiger partial charge in [0.15, 0.2) is 0 Å². The van der Waals surface area contributed by atoms with Crippen LogP contribution in [0.25, 0.3) is 11.1 Å². The van der Waals surface area contributed by atoms with E-state index in [2.05, 4.69) is 11.1 Å². The van der Waals surface area contributed by atoms with Crippen molar-refractivity contribution in [3.63, 3.8) is 0 Å². The van der Waals surface area contributed by atoms with Gasteiger partial charge in [-0.2, -0.15) is 5.26 Å². The lowest BCUT2D eigenvalue weighted by molar-refractivity contribution is 1.12. The van der Waals surface area contributed by atoms with Gasteiger partial charge in [0.1, 0.15) is 0 Å². The molecular formula is C13H8Cl2N2. The zero-order chi connectivity index (χ0) is 12.3. The Kier molecular flexibility index (Phi) is 3.63. The Labute approximate surface area is 109 Å². The SMILES string of the molecule is N#CCc1cc(-c2ccc(Cl)cc2Cl)ccn1. The van der Waals surface area contributed by atoms with Crippen molar-refractivity contribution in [2.75, 3.05) is 0 Å². The van der Waals surface area contributed by atoms with Crippen molar-refractivity contribution in [2.24, 2.45) is 0 Å². The predicted octanol–water partition coefficient (Wildman–Crippen LogP) is 4.12. The van der Waals surface area contributed by atoms with Crippen molar-refractivity contribution in [2.45, 2.75) is 6.42 Å². The van der Waals surface area contributed by atoms with E-state index in [-0.39, 0.29) is 0 Å². The average Bonchev–Trinajstić information content (AvgIpc) is 2.29. The maximum atomic E-state index is 8.64. The third kappa shape index (κ3) is 2.76. The number of nitriles is 1. The van der Waals surface area contributed by atoms with Gasteiger partial charge >= 0.3 is 0 Å². The molecule has 0 saturated carbocycles. The molecule has 0 aliphatic carbocycles. The quantitative estimate of drug-likeness (QED) is 0.817. The van der Waals surface area contributed by atoms with E-state index in [0.29, 0.717) is 16.5 Å². The summed E-state index contributed by atoms with van der Waals surface area (Å²) in [7, 11) is 0. The lowest BCUT2D eigenvalue weighted by atomic mass is 10.1. The molecule has 0 radical (unpaired) electrons. The third-order valence-corrected chi connectivity index (χ3v) is 2.87. The minimum Gasteiger partial charge on any atom is -0.260 e. The van der Waals surface area contributed by atoms with Crippen molar-refractivity contribution >= 4 is 23.2 Å². The van der Waals surface area contributed by atoms with Crippen LogP contribution in [0.15, 0.2) is 36.5 Å². The van der Waals surface area contributed by atoms with Crippen molar-refractivity contribution < 1.29 is 0 Å². The second-order valence-electron chi connectivity index (χ2n) is 3.49. The van der Waals surface area contributed by atoms with Gasteiger partial charge < -0.3 is 0 Å². The maximum absolute atomic E-state index is 8.64. The average molecular weight is 263 g/mol. The highest BCUT2D eigenvalue weighted by Crippen LogP contribution is 2.30. The first-order valence-corrected chi connectivity index (χ1v) is 5.73. The van der Waals surface area contributed by atoms with Crippen LogP contribution in [-0.4, -0.2) is 4.98 Å². The minimum absolute atomic E-state index is 0.291.